The highest BCUT2D eigenvalue weighted by molar-refractivity contribution is 5.42. The average molecular weight is 223 g/mol. The summed E-state index contributed by atoms with van der Waals surface area (Å²) in [5.74, 6) is 1.56. The Morgan fingerprint density at radius 2 is 1.75 bits per heavy atom. The van der Waals surface area contributed by atoms with Crippen molar-refractivity contribution in [3.05, 3.63) is 23.8 Å². The molecule has 0 radical (unpaired) electrons. The van der Waals surface area contributed by atoms with Crippen molar-refractivity contribution in [2.75, 3.05) is 14.2 Å². The summed E-state index contributed by atoms with van der Waals surface area (Å²) in [6.07, 6.45) is 0. The third-order valence-corrected chi connectivity index (χ3v) is 2.71. The third-order valence-electron chi connectivity index (χ3n) is 2.71. The second-order valence-corrected chi connectivity index (χ2v) is 4.95. The Bertz CT molecular complexity index is 355. The first-order valence-corrected chi connectivity index (χ1v) is 5.37. The SMILES string of the molecule is COc1ccc([C@H](N)C(C)(C)C)c(OC)c1. The summed E-state index contributed by atoms with van der Waals surface area (Å²) in [4.78, 5) is 0. The standard InChI is InChI=1S/C13H21NO2/c1-13(2,3)12(14)10-7-6-9(15-4)8-11(10)16-5/h6-8,12H,14H2,1-5H3/t12-/m0/s1. The van der Waals surface area contributed by atoms with Gasteiger partial charge in [-0.2, -0.15) is 0 Å². The van der Waals surface area contributed by atoms with Crippen molar-refractivity contribution in [2.24, 2.45) is 11.1 Å². The lowest BCUT2D eigenvalue weighted by Crippen LogP contribution is -2.26. The molecule has 0 saturated heterocycles. The molecule has 16 heavy (non-hydrogen) atoms. The molecule has 90 valence electrons. The van der Waals surface area contributed by atoms with Gasteiger partial charge < -0.3 is 15.2 Å². The molecule has 1 aromatic rings. The van der Waals surface area contributed by atoms with Crippen molar-refractivity contribution < 1.29 is 9.47 Å². The zero-order valence-corrected chi connectivity index (χ0v) is 10.7. The zero-order chi connectivity index (χ0) is 12.3. The van der Waals surface area contributed by atoms with Gasteiger partial charge in [0.25, 0.3) is 0 Å². The molecule has 0 unspecified atom stereocenters. The molecule has 1 atom stereocenters. The van der Waals surface area contributed by atoms with Gasteiger partial charge in [-0.15, -0.1) is 0 Å². The van der Waals surface area contributed by atoms with Gasteiger partial charge in [-0.1, -0.05) is 26.8 Å². The van der Waals surface area contributed by atoms with Gasteiger partial charge >= 0.3 is 0 Å². The van der Waals surface area contributed by atoms with E-state index >= 15 is 0 Å². The number of hydrogen-bond donors (Lipinski definition) is 1. The van der Waals surface area contributed by atoms with Gasteiger partial charge in [0, 0.05) is 17.7 Å². The van der Waals surface area contributed by atoms with Crippen LogP contribution >= 0.6 is 0 Å². The molecular weight excluding hydrogens is 202 g/mol. The number of nitrogens with two attached hydrogens (primary N) is 1. The van der Waals surface area contributed by atoms with E-state index in [-0.39, 0.29) is 11.5 Å². The van der Waals surface area contributed by atoms with Crippen molar-refractivity contribution in [3.8, 4) is 11.5 Å². The Kier molecular flexibility index (Phi) is 3.81. The molecule has 1 rings (SSSR count). The summed E-state index contributed by atoms with van der Waals surface area (Å²) in [6, 6.07) is 5.67. The molecule has 0 bridgehead atoms. The molecule has 0 spiro atoms. The lowest BCUT2D eigenvalue weighted by atomic mass is 9.83. The predicted molar refractivity (Wildman–Crippen MR) is 65.9 cm³/mol. The van der Waals surface area contributed by atoms with E-state index in [4.69, 9.17) is 15.2 Å². The molecule has 0 aliphatic rings. The largest absolute Gasteiger partial charge is 0.497 e. The van der Waals surface area contributed by atoms with Crippen LogP contribution in [0.2, 0.25) is 0 Å². The van der Waals surface area contributed by atoms with E-state index in [2.05, 4.69) is 20.8 Å². The fourth-order valence-electron chi connectivity index (χ4n) is 1.54. The van der Waals surface area contributed by atoms with Gasteiger partial charge in [0.1, 0.15) is 11.5 Å². The summed E-state index contributed by atoms with van der Waals surface area (Å²) in [5, 5.41) is 0. The van der Waals surface area contributed by atoms with E-state index in [0.29, 0.717) is 0 Å². The molecule has 0 amide bonds. The summed E-state index contributed by atoms with van der Waals surface area (Å²) >= 11 is 0. The van der Waals surface area contributed by atoms with Gasteiger partial charge in [0.15, 0.2) is 0 Å². The molecule has 3 heteroatoms. The zero-order valence-electron chi connectivity index (χ0n) is 10.7. The molecule has 0 fully saturated rings. The summed E-state index contributed by atoms with van der Waals surface area (Å²) in [7, 11) is 3.28. The smallest absolute Gasteiger partial charge is 0.127 e. The first-order valence-electron chi connectivity index (χ1n) is 5.37. The minimum atomic E-state index is -0.0617. The van der Waals surface area contributed by atoms with Crippen LogP contribution in [-0.4, -0.2) is 14.2 Å². The van der Waals surface area contributed by atoms with Crippen LogP contribution in [0, 0.1) is 5.41 Å². The molecule has 3 nitrogen and oxygen atoms in total. The third kappa shape index (κ3) is 2.67. The Morgan fingerprint density at radius 3 is 2.19 bits per heavy atom. The molecule has 1 aromatic carbocycles. The molecule has 0 aliphatic heterocycles. The predicted octanol–water partition coefficient (Wildman–Crippen LogP) is 2.75. The highest BCUT2D eigenvalue weighted by Crippen LogP contribution is 2.37. The maximum atomic E-state index is 6.22. The Balaban J connectivity index is 3.14. The topological polar surface area (TPSA) is 44.5 Å². The van der Waals surface area contributed by atoms with Gasteiger partial charge in [-0.25, -0.2) is 0 Å². The number of benzene rings is 1. The first-order chi connectivity index (χ1) is 7.40. The number of ether oxygens (including phenoxy) is 2. The molecule has 0 saturated carbocycles. The van der Waals surface area contributed by atoms with Crippen molar-refractivity contribution in [3.63, 3.8) is 0 Å². The van der Waals surface area contributed by atoms with Crippen LogP contribution in [-0.2, 0) is 0 Å². The highest BCUT2D eigenvalue weighted by atomic mass is 16.5. The van der Waals surface area contributed by atoms with Crippen LogP contribution in [0.25, 0.3) is 0 Å². The number of hydrogen-bond acceptors (Lipinski definition) is 3. The Labute approximate surface area is 97.6 Å². The van der Waals surface area contributed by atoms with E-state index in [1.54, 1.807) is 14.2 Å². The quantitative estimate of drug-likeness (QED) is 0.857. The van der Waals surface area contributed by atoms with E-state index in [0.717, 1.165) is 17.1 Å². The Morgan fingerprint density at radius 1 is 1.12 bits per heavy atom. The van der Waals surface area contributed by atoms with Crippen molar-refractivity contribution in [2.45, 2.75) is 26.8 Å². The first kappa shape index (κ1) is 12.8. The summed E-state index contributed by atoms with van der Waals surface area (Å²) < 4.78 is 10.5. The molecule has 0 aromatic heterocycles. The van der Waals surface area contributed by atoms with Crippen molar-refractivity contribution in [1.82, 2.24) is 0 Å². The van der Waals surface area contributed by atoms with Crippen molar-refractivity contribution >= 4 is 0 Å². The summed E-state index contributed by atoms with van der Waals surface area (Å²) in [6.45, 7) is 6.34. The Hall–Kier alpha value is -1.22. The second-order valence-electron chi connectivity index (χ2n) is 4.95. The average Bonchev–Trinajstić information content (AvgIpc) is 2.26. The monoisotopic (exact) mass is 223 g/mol. The van der Waals surface area contributed by atoms with Gasteiger partial charge in [-0.05, 0) is 11.5 Å². The van der Waals surface area contributed by atoms with Crippen LogP contribution in [0.15, 0.2) is 18.2 Å². The van der Waals surface area contributed by atoms with E-state index in [1.807, 2.05) is 18.2 Å². The van der Waals surface area contributed by atoms with Crippen molar-refractivity contribution in [1.29, 1.82) is 0 Å². The van der Waals surface area contributed by atoms with Gasteiger partial charge in [-0.3, -0.25) is 0 Å². The van der Waals surface area contributed by atoms with E-state index in [9.17, 15) is 0 Å². The molecule has 0 aliphatic carbocycles. The molecule has 2 N–H and O–H groups in total. The van der Waals surface area contributed by atoms with Crippen LogP contribution in [0.1, 0.15) is 32.4 Å². The fraction of sp³-hybridized carbons (Fsp3) is 0.538. The number of methoxy groups -OCH3 is 2. The minimum Gasteiger partial charge on any atom is -0.497 e. The van der Waals surface area contributed by atoms with Crippen LogP contribution in [0.3, 0.4) is 0 Å². The normalized spacial score (nSPS) is 13.4. The lowest BCUT2D eigenvalue weighted by Gasteiger charge is -2.28. The van der Waals surface area contributed by atoms with Gasteiger partial charge in [0.2, 0.25) is 0 Å². The number of rotatable bonds is 3. The molecule has 0 heterocycles. The maximum absolute atomic E-state index is 6.22. The van der Waals surface area contributed by atoms with E-state index < -0.39 is 0 Å². The minimum absolute atomic E-state index is 0.00185. The van der Waals surface area contributed by atoms with Crippen LogP contribution < -0.4 is 15.2 Å². The van der Waals surface area contributed by atoms with Gasteiger partial charge in [0.05, 0.1) is 14.2 Å². The fourth-order valence-corrected chi connectivity index (χ4v) is 1.54. The van der Waals surface area contributed by atoms with Crippen LogP contribution in [0.5, 0.6) is 11.5 Å². The molecular formula is C13H21NO2. The second kappa shape index (κ2) is 4.74. The van der Waals surface area contributed by atoms with E-state index in [1.165, 1.54) is 0 Å². The van der Waals surface area contributed by atoms with Crippen LogP contribution in [0.4, 0.5) is 0 Å². The summed E-state index contributed by atoms with van der Waals surface area (Å²) in [5.41, 5.74) is 7.23. The highest BCUT2D eigenvalue weighted by Gasteiger charge is 2.25. The lowest BCUT2D eigenvalue weighted by molar-refractivity contribution is 0.313. The maximum Gasteiger partial charge on any atom is 0.127 e.